The van der Waals surface area contributed by atoms with Crippen LogP contribution in [0.2, 0.25) is 10.0 Å². The average Bonchev–Trinajstić information content (AvgIpc) is 2.63. The summed E-state index contributed by atoms with van der Waals surface area (Å²) in [6.45, 7) is 1.87. The molecule has 3 rings (SSSR count). The zero-order valence-corrected chi connectivity index (χ0v) is 15.1. The van der Waals surface area contributed by atoms with E-state index >= 15 is 0 Å². The lowest BCUT2D eigenvalue weighted by Crippen LogP contribution is -2.13. The van der Waals surface area contributed by atoms with Crippen molar-refractivity contribution in [1.29, 1.82) is 0 Å². The van der Waals surface area contributed by atoms with Crippen LogP contribution >= 0.6 is 23.2 Å². The van der Waals surface area contributed by atoms with Crippen molar-refractivity contribution in [3.05, 3.63) is 93.7 Å². The minimum Gasteiger partial charge on any atom is -0.489 e. The van der Waals surface area contributed by atoms with Crippen molar-refractivity contribution in [3.63, 3.8) is 0 Å². The van der Waals surface area contributed by atoms with E-state index in [-0.39, 0.29) is 0 Å². The maximum Gasteiger partial charge on any atom is 0.124 e. The second-order valence-electron chi connectivity index (χ2n) is 5.63. The van der Waals surface area contributed by atoms with E-state index in [0.29, 0.717) is 18.2 Å². The zero-order valence-electron chi connectivity index (χ0n) is 13.6. The molecule has 3 aromatic rings. The molecule has 0 aliphatic rings. The minimum atomic E-state index is 0.481. The number of benzene rings is 2. The van der Waals surface area contributed by atoms with Crippen molar-refractivity contribution < 1.29 is 4.74 Å². The number of rotatable bonds is 7. The maximum absolute atomic E-state index is 6.14. The first-order valence-corrected chi connectivity index (χ1v) is 8.71. The number of ether oxygens (including phenoxy) is 1. The highest BCUT2D eigenvalue weighted by atomic mass is 35.5. The van der Waals surface area contributed by atoms with E-state index in [1.165, 1.54) is 0 Å². The van der Waals surface area contributed by atoms with Crippen LogP contribution in [0.25, 0.3) is 0 Å². The van der Waals surface area contributed by atoms with Gasteiger partial charge in [-0.25, -0.2) is 0 Å². The molecule has 0 aliphatic heterocycles. The van der Waals surface area contributed by atoms with Crippen LogP contribution in [-0.2, 0) is 19.7 Å². The molecule has 0 saturated carbocycles. The van der Waals surface area contributed by atoms with Crippen LogP contribution in [0.1, 0.15) is 16.7 Å². The summed E-state index contributed by atoms with van der Waals surface area (Å²) in [6, 6.07) is 17.3. The Morgan fingerprint density at radius 3 is 2.44 bits per heavy atom. The summed E-state index contributed by atoms with van der Waals surface area (Å²) in [6.07, 6.45) is 3.62. The molecule has 1 heterocycles. The topological polar surface area (TPSA) is 34.1 Å². The highest BCUT2D eigenvalue weighted by molar-refractivity contribution is 6.30. The number of hydrogen-bond acceptors (Lipinski definition) is 3. The van der Waals surface area contributed by atoms with Gasteiger partial charge in [0, 0.05) is 41.1 Å². The highest BCUT2D eigenvalue weighted by Gasteiger charge is 2.06. The van der Waals surface area contributed by atoms with Crippen LogP contribution in [0.5, 0.6) is 5.75 Å². The molecule has 0 bridgehead atoms. The van der Waals surface area contributed by atoms with Crippen molar-refractivity contribution in [3.8, 4) is 5.75 Å². The van der Waals surface area contributed by atoms with E-state index in [9.17, 15) is 0 Å². The summed E-state index contributed by atoms with van der Waals surface area (Å²) in [4.78, 5) is 4.12. The fourth-order valence-corrected chi connectivity index (χ4v) is 2.73. The number of nitrogens with one attached hydrogen (secondary N) is 1. The molecule has 1 aromatic heterocycles. The minimum absolute atomic E-state index is 0.481. The molecule has 25 heavy (non-hydrogen) atoms. The Bertz CT molecular complexity index is 808. The van der Waals surface area contributed by atoms with Gasteiger partial charge in [0.25, 0.3) is 0 Å². The monoisotopic (exact) mass is 372 g/mol. The quantitative estimate of drug-likeness (QED) is 0.614. The highest BCUT2D eigenvalue weighted by Crippen LogP contribution is 2.24. The Hall–Kier alpha value is -2.07. The molecule has 0 spiro atoms. The second-order valence-corrected chi connectivity index (χ2v) is 6.50. The van der Waals surface area contributed by atoms with Gasteiger partial charge in [-0.05, 0) is 47.5 Å². The second kappa shape index (κ2) is 8.86. The standard InChI is InChI=1S/C20H18Cl2N2O/c21-18-5-3-15(4-6-18)14-25-20-8-7-19(22)10-17(20)13-24-12-16-2-1-9-23-11-16/h1-11,24H,12-14H2. The van der Waals surface area contributed by atoms with E-state index in [1.54, 1.807) is 6.20 Å². The van der Waals surface area contributed by atoms with Gasteiger partial charge in [0.15, 0.2) is 0 Å². The summed E-state index contributed by atoms with van der Waals surface area (Å²) in [5, 5.41) is 4.80. The Labute approximate surface area is 157 Å². The summed E-state index contributed by atoms with van der Waals surface area (Å²) < 4.78 is 5.97. The van der Waals surface area contributed by atoms with E-state index in [0.717, 1.165) is 34.0 Å². The van der Waals surface area contributed by atoms with Crippen molar-refractivity contribution >= 4 is 23.2 Å². The Morgan fingerprint density at radius 2 is 1.68 bits per heavy atom. The van der Waals surface area contributed by atoms with Gasteiger partial charge in [-0.2, -0.15) is 0 Å². The predicted octanol–water partition coefficient (Wildman–Crippen LogP) is 5.26. The molecule has 1 N–H and O–H groups in total. The maximum atomic E-state index is 6.14. The predicted molar refractivity (Wildman–Crippen MR) is 102 cm³/mol. The van der Waals surface area contributed by atoms with Crippen LogP contribution in [0.4, 0.5) is 0 Å². The molecule has 2 aromatic carbocycles. The first kappa shape index (κ1) is 17.7. The smallest absolute Gasteiger partial charge is 0.124 e. The zero-order chi connectivity index (χ0) is 17.5. The third-order valence-electron chi connectivity index (χ3n) is 3.70. The van der Waals surface area contributed by atoms with Crippen LogP contribution in [0.15, 0.2) is 67.0 Å². The molecule has 128 valence electrons. The van der Waals surface area contributed by atoms with E-state index in [4.69, 9.17) is 27.9 Å². The number of aromatic nitrogens is 1. The Balaban J connectivity index is 1.62. The number of halogens is 2. The van der Waals surface area contributed by atoms with Crippen LogP contribution in [0.3, 0.4) is 0 Å². The van der Waals surface area contributed by atoms with Crippen LogP contribution in [0, 0.1) is 0 Å². The van der Waals surface area contributed by atoms with Gasteiger partial charge in [0.05, 0.1) is 0 Å². The SMILES string of the molecule is Clc1ccc(COc2ccc(Cl)cc2CNCc2cccnc2)cc1. The van der Waals surface area contributed by atoms with Crippen molar-refractivity contribution in [2.24, 2.45) is 0 Å². The van der Waals surface area contributed by atoms with Crippen LogP contribution < -0.4 is 10.1 Å². The lowest BCUT2D eigenvalue weighted by molar-refractivity contribution is 0.302. The Morgan fingerprint density at radius 1 is 0.880 bits per heavy atom. The lowest BCUT2D eigenvalue weighted by atomic mass is 10.2. The third kappa shape index (κ3) is 5.46. The molecule has 0 radical (unpaired) electrons. The molecule has 5 heteroatoms. The summed E-state index contributed by atoms with van der Waals surface area (Å²) in [5.74, 6) is 0.818. The largest absolute Gasteiger partial charge is 0.489 e. The average molecular weight is 373 g/mol. The first-order chi connectivity index (χ1) is 12.2. The van der Waals surface area contributed by atoms with Gasteiger partial charge in [0.2, 0.25) is 0 Å². The molecule has 0 saturated heterocycles. The number of nitrogens with zero attached hydrogens (tertiary/aromatic N) is 1. The molecule has 0 atom stereocenters. The third-order valence-corrected chi connectivity index (χ3v) is 4.18. The molecule has 0 amide bonds. The summed E-state index contributed by atoms with van der Waals surface area (Å²) in [7, 11) is 0. The Kier molecular flexibility index (Phi) is 6.29. The fraction of sp³-hybridized carbons (Fsp3) is 0.150. The molecular weight excluding hydrogens is 355 g/mol. The van der Waals surface area contributed by atoms with E-state index < -0.39 is 0 Å². The van der Waals surface area contributed by atoms with Gasteiger partial charge < -0.3 is 10.1 Å². The molecule has 0 fully saturated rings. The van der Waals surface area contributed by atoms with Gasteiger partial charge >= 0.3 is 0 Å². The summed E-state index contributed by atoms with van der Waals surface area (Å²) >= 11 is 12.1. The molecule has 3 nitrogen and oxygen atoms in total. The first-order valence-electron chi connectivity index (χ1n) is 7.96. The lowest BCUT2D eigenvalue weighted by Gasteiger charge is -2.13. The summed E-state index contributed by atoms with van der Waals surface area (Å²) in [5.41, 5.74) is 3.21. The molecular formula is C20H18Cl2N2O. The number of hydrogen-bond donors (Lipinski definition) is 1. The fourth-order valence-electron chi connectivity index (χ4n) is 2.41. The van der Waals surface area contributed by atoms with Crippen molar-refractivity contribution in [1.82, 2.24) is 10.3 Å². The molecule has 0 aliphatic carbocycles. The van der Waals surface area contributed by atoms with Gasteiger partial charge in [-0.15, -0.1) is 0 Å². The van der Waals surface area contributed by atoms with Crippen molar-refractivity contribution in [2.75, 3.05) is 0 Å². The molecule has 0 unspecified atom stereocenters. The van der Waals surface area contributed by atoms with Gasteiger partial charge in [-0.3, -0.25) is 4.98 Å². The van der Waals surface area contributed by atoms with Gasteiger partial charge in [-0.1, -0.05) is 41.4 Å². The normalized spacial score (nSPS) is 10.6. The van der Waals surface area contributed by atoms with E-state index in [1.807, 2.05) is 60.8 Å². The van der Waals surface area contributed by atoms with Gasteiger partial charge in [0.1, 0.15) is 12.4 Å². The van der Waals surface area contributed by atoms with Crippen molar-refractivity contribution in [2.45, 2.75) is 19.7 Å². The van der Waals surface area contributed by atoms with E-state index in [2.05, 4.69) is 10.3 Å². The number of pyridine rings is 1. The van der Waals surface area contributed by atoms with Crippen LogP contribution in [-0.4, -0.2) is 4.98 Å².